The lowest BCUT2D eigenvalue weighted by atomic mass is 9.80. The third-order valence-corrected chi connectivity index (χ3v) is 3.78. The van der Waals surface area contributed by atoms with Gasteiger partial charge in [-0.15, -0.1) is 0 Å². The summed E-state index contributed by atoms with van der Waals surface area (Å²) < 4.78 is 0. The summed E-state index contributed by atoms with van der Waals surface area (Å²) in [6, 6.07) is 5.61. The van der Waals surface area contributed by atoms with Crippen LogP contribution in [0.1, 0.15) is 26.3 Å². The van der Waals surface area contributed by atoms with Crippen LogP contribution in [0, 0.1) is 5.41 Å². The predicted octanol–water partition coefficient (Wildman–Crippen LogP) is 3.86. The molecule has 96 valence electrons. The van der Waals surface area contributed by atoms with Gasteiger partial charge >= 0.3 is 0 Å². The van der Waals surface area contributed by atoms with E-state index in [2.05, 4.69) is 10.5 Å². The van der Waals surface area contributed by atoms with Crippen molar-refractivity contribution in [2.75, 3.05) is 11.9 Å². The van der Waals surface area contributed by atoms with Gasteiger partial charge in [-0.3, -0.25) is 0 Å². The molecule has 0 unspecified atom stereocenters. The first kappa shape index (κ1) is 13.3. The van der Waals surface area contributed by atoms with E-state index < -0.39 is 0 Å². The number of oxime groups is 1. The first-order chi connectivity index (χ1) is 8.46. The number of nitrogens with one attached hydrogen (secondary N) is 1. The number of nitrogens with zero attached hydrogens (tertiary/aromatic N) is 1. The average molecular weight is 283 g/mol. The molecule has 0 spiro atoms. The Morgan fingerprint density at radius 3 is 2.83 bits per heavy atom. The van der Waals surface area contributed by atoms with Crippen LogP contribution in [0.3, 0.4) is 0 Å². The highest BCUT2D eigenvalue weighted by atomic mass is 35.5. The van der Waals surface area contributed by atoms with Crippen molar-refractivity contribution >= 4 is 40.2 Å². The van der Waals surface area contributed by atoms with E-state index in [1.54, 1.807) is 0 Å². The van der Waals surface area contributed by atoms with Gasteiger partial charge in [0.2, 0.25) is 0 Å². The van der Waals surface area contributed by atoms with Gasteiger partial charge in [0.1, 0.15) is 12.3 Å². The topological polar surface area (TPSA) is 33.6 Å². The van der Waals surface area contributed by atoms with E-state index in [1.807, 2.05) is 39.0 Å². The van der Waals surface area contributed by atoms with E-state index in [4.69, 9.17) is 28.7 Å². The van der Waals surface area contributed by atoms with E-state index >= 15 is 0 Å². The van der Waals surface area contributed by atoms with Crippen molar-refractivity contribution in [1.82, 2.24) is 0 Å². The number of anilines is 1. The molecular weight excluding hydrogens is 268 g/mol. The first-order valence-electron chi connectivity index (χ1n) is 5.78. The number of thiocarbonyl (C=S) groups is 1. The molecule has 0 amide bonds. The molecule has 1 aromatic carbocycles. The third kappa shape index (κ3) is 2.22. The molecule has 0 saturated carbocycles. The van der Waals surface area contributed by atoms with Gasteiger partial charge in [-0.1, -0.05) is 29.0 Å². The molecule has 18 heavy (non-hydrogen) atoms. The normalized spacial score (nSPS) is 19.3. The molecule has 1 aromatic rings. The van der Waals surface area contributed by atoms with Gasteiger partial charge in [0.25, 0.3) is 0 Å². The van der Waals surface area contributed by atoms with Crippen molar-refractivity contribution in [1.29, 1.82) is 0 Å². The molecule has 1 aliphatic heterocycles. The van der Waals surface area contributed by atoms with Gasteiger partial charge in [-0.05, 0) is 39.0 Å². The lowest BCUT2D eigenvalue weighted by Gasteiger charge is -2.34. The molecule has 0 fully saturated rings. The Labute approximate surface area is 117 Å². The van der Waals surface area contributed by atoms with E-state index in [9.17, 15) is 0 Å². The summed E-state index contributed by atoms with van der Waals surface area (Å²) in [6.07, 6.45) is 0. The van der Waals surface area contributed by atoms with Gasteiger partial charge in [0.05, 0.1) is 10.4 Å². The van der Waals surface area contributed by atoms with E-state index in [0.29, 0.717) is 11.6 Å². The molecule has 5 heteroatoms. The average Bonchev–Trinajstić information content (AvgIpc) is 2.31. The Bertz CT molecular complexity index is 526. The molecule has 1 heterocycles. The van der Waals surface area contributed by atoms with Gasteiger partial charge < -0.3 is 10.2 Å². The maximum Gasteiger partial charge on any atom is 0.114 e. The van der Waals surface area contributed by atoms with Crippen molar-refractivity contribution in [3.05, 3.63) is 28.8 Å². The SMILES string of the molecule is CCO/N=C1\c2cc(Cl)ccc2NC(=S)C1(C)C. The van der Waals surface area contributed by atoms with Crippen LogP contribution in [-0.4, -0.2) is 17.3 Å². The molecule has 1 N–H and O–H groups in total. The standard InChI is InChI=1S/C13H15ClN2OS/c1-4-17-16-11-9-7-8(14)5-6-10(9)15-12(18)13(11,2)3/h5-7H,4H2,1-3H3,(H,15,18)/b16-11+. The van der Waals surface area contributed by atoms with Crippen LogP contribution >= 0.6 is 23.8 Å². The third-order valence-electron chi connectivity index (χ3n) is 2.93. The van der Waals surface area contributed by atoms with Gasteiger partial charge in [-0.25, -0.2) is 0 Å². The Balaban J connectivity index is 2.59. The lowest BCUT2D eigenvalue weighted by molar-refractivity contribution is 0.157. The zero-order valence-electron chi connectivity index (χ0n) is 10.6. The molecular formula is C13H15ClN2OS. The Morgan fingerprint density at radius 2 is 2.17 bits per heavy atom. The summed E-state index contributed by atoms with van der Waals surface area (Å²) in [5.74, 6) is 0. The van der Waals surface area contributed by atoms with Crippen molar-refractivity contribution in [3.8, 4) is 0 Å². The second-order valence-corrected chi connectivity index (χ2v) is 5.47. The van der Waals surface area contributed by atoms with E-state index in [1.165, 1.54) is 0 Å². The summed E-state index contributed by atoms with van der Waals surface area (Å²) in [7, 11) is 0. The molecule has 1 aliphatic rings. The molecule has 0 saturated heterocycles. The molecule has 0 aromatic heterocycles. The van der Waals surface area contributed by atoms with Gasteiger partial charge in [0.15, 0.2) is 0 Å². The van der Waals surface area contributed by atoms with Crippen molar-refractivity contribution in [2.24, 2.45) is 10.6 Å². The van der Waals surface area contributed by atoms with Gasteiger partial charge in [0, 0.05) is 16.3 Å². The minimum absolute atomic E-state index is 0.373. The highest BCUT2D eigenvalue weighted by Gasteiger charge is 2.37. The summed E-state index contributed by atoms with van der Waals surface area (Å²) in [5.41, 5.74) is 2.30. The molecule has 0 radical (unpaired) electrons. The summed E-state index contributed by atoms with van der Waals surface area (Å²) in [5, 5.41) is 8.11. The molecule has 0 bridgehead atoms. The molecule has 2 rings (SSSR count). The minimum Gasteiger partial charge on any atom is -0.396 e. The number of hydrogen-bond acceptors (Lipinski definition) is 3. The summed E-state index contributed by atoms with van der Waals surface area (Å²) >= 11 is 11.4. The highest BCUT2D eigenvalue weighted by Crippen LogP contribution is 2.36. The van der Waals surface area contributed by atoms with Crippen LogP contribution in [0.5, 0.6) is 0 Å². The minimum atomic E-state index is -0.373. The van der Waals surface area contributed by atoms with Crippen molar-refractivity contribution in [2.45, 2.75) is 20.8 Å². The smallest absolute Gasteiger partial charge is 0.114 e. The number of hydrogen-bond donors (Lipinski definition) is 1. The zero-order chi connectivity index (χ0) is 13.3. The number of rotatable bonds is 2. The zero-order valence-corrected chi connectivity index (χ0v) is 12.2. The second-order valence-electron chi connectivity index (χ2n) is 4.63. The van der Waals surface area contributed by atoms with E-state index in [-0.39, 0.29) is 5.41 Å². The first-order valence-corrected chi connectivity index (χ1v) is 6.57. The van der Waals surface area contributed by atoms with Crippen molar-refractivity contribution < 1.29 is 4.84 Å². The second kappa shape index (κ2) is 4.86. The maximum atomic E-state index is 6.05. The fourth-order valence-corrected chi connectivity index (χ4v) is 2.22. The number of fused-ring (bicyclic) bond motifs is 1. The Morgan fingerprint density at radius 1 is 1.44 bits per heavy atom. The van der Waals surface area contributed by atoms with Crippen LogP contribution in [0.4, 0.5) is 5.69 Å². The van der Waals surface area contributed by atoms with Crippen LogP contribution < -0.4 is 5.32 Å². The highest BCUT2D eigenvalue weighted by molar-refractivity contribution is 7.80. The molecule has 0 aliphatic carbocycles. The van der Waals surface area contributed by atoms with Crippen LogP contribution in [0.2, 0.25) is 5.02 Å². The van der Waals surface area contributed by atoms with E-state index in [0.717, 1.165) is 22.0 Å². The van der Waals surface area contributed by atoms with Crippen LogP contribution in [0.25, 0.3) is 0 Å². The fraction of sp³-hybridized carbons (Fsp3) is 0.385. The Kier molecular flexibility index (Phi) is 3.59. The predicted molar refractivity (Wildman–Crippen MR) is 79.6 cm³/mol. The quantitative estimate of drug-likeness (QED) is 0.661. The van der Waals surface area contributed by atoms with Gasteiger partial charge in [-0.2, -0.15) is 0 Å². The van der Waals surface area contributed by atoms with Crippen LogP contribution in [0.15, 0.2) is 23.4 Å². The summed E-state index contributed by atoms with van der Waals surface area (Å²) in [4.78, 5) is 5.94. The largest absolute Gasteiger partial charge is 0.396 e. The maximum absolute atomic E-state index is 6.05. The summed E-state index contributed by atoms with van der Waals surface area (Å²) in [6.45, 7) is 6.46. The lowest BCUT2D eigenvalue weighted by Crippen LogP contribution is -2.42. The Hall–Kier alpha value is -1.13. The molecule has 3 nitrogen and oxygen atoms in total. The molecule has 0 atom stereocenters. The monoisotopic (exact) mass is 282 g/mol. The van der Waals surface area contributed by atoms with Crippen molar-refractivity contribution in [3.63, 3.8) is 0 Å². The fourth-order valence-electron chi connectivity index (χ4n) is 1.84. The number of benzene rings is 1. The number of halogens is 1. The van der Waals surface area contributed by atoms with Crippen LogP contribution in [-0.2, 0) is 4.84 Å².